The van der Waals surface area contributed by atoms with Crippen molar-refractivity contribution >= 4 is 23.2 Å². The fourth-order valence-electron chi connectivity index (χ4n) is 1.89. The number of hydrogen-bond acceptors (Lipinski definition) is 2. The number of nitrogen functional groups attached to an aromatic ring is 1. The van der Waals surface area contributed by atoms with E-state index in [0.717, 1.165) is 5.56 Å². The molecule has 0 aliphatic heterocycles. The van der Waals surface area contributed by atoms with Crippen molar-refractivity contribution in [1.82, 2.24) is 4.90 Å². The molecule has 0 aliphatic carbocycles. The van der Waals surface area contributed by atoms with Gasteiger partial charge in [-0.3, -0.25) is 4.79 Å². The summed E-state index contributed by atoms with van der Waals surface area (Å²) in [6, 6.07) is 11.1. The van der Waals surface area contributed by atoms with Crippen LogP contribution >= 0.6 is 11.6 Å². The molecule has 2 rings (SSSR count). The maximum Gasteiger partial charge on any atom is 0.256 e. The second-order valence-corrected chi connectivity index (χ2v) is 4.97. The molecule has 0 aliphatic rings. The summed E-state index contributed by atoms with van der Waals surface area (Å²) >= 11 is 5.89. The van der Waals surface area contributed by atoms with Crippen LogP contribution in [-0.4, -0.2) is 17.9 Å². The van der Waals surface area contributed by atoms with Gasteiger partial charge in [0, 0.05) is 24.3 Å². The number of rotatable bonds is 3. The molecule has 2 aromatic carbocycles. The quantitative estimate of drug-likeness (QED) is 0.882. The lowest BCUT2D eigenvalue weighted by Gasteiger charge is -2.18. The average molecular weight is 293 g/mol. The number of carbonyl (C=O) groups excluding carboxylic acids is 1. The molecule has 1 amide bonds. The Balaban J connectivity index is 2.18. The summed E-state index contributed by atoms with van der Waals surface area (Å²) in [6.45, 7) is 0.341. The summed E-state index contributed by atoms with van der Waals surface area (Å²) in [5, 5.41) is 0.596. The SMILES string of the molecule is CN(Cc1cccc(Cl)c1)C(=O)c1cc(N)ccc1F. The molecule has 0 radical (unpaired) electrons. The van der Waals surface area contributed by atoms with E-state index >= 15 is 0 Å². The van der Waals surface area contributed by atoms with Gasteiger partial charge in [0.1, 0.15) is 5.82 Å². The number of halogens is 2. The predicted octanol–water partition coefficient (Wildman–Crippen LogP) is 3.33. The predicted molar refractivity (Wildman–Crippen MR) is 78.1 cm³/mol. The number of benzene rings is 2. The number of nitrogens with zero attached hydrogens (tertiary/aromatic N) is 1. The molecule has 5 heteroatoms. The highest BCUT2D eigenvalue weighted by Gasteiger charge is 2.16. The zero-order chi connectivity index (χ0) is 14.7. The Bertz CT molecular complexity index is 646. The third kappa shape index (κ3) is 3.27. The van der Waals surface area contributed by atoms with Gasteiger partial charge in [-0.05, 0) is 35.9 Å². The Hall–Kier alpha value is -2.07. The first-order chi connectivity index (χ1) is 9.47. The number of amides is 1. The van der Waals surface area contributed by atoms with Crippen molar-refractivity contribution in [3.05, 3.63) is 64.4 Å². The fraction of sp³-hybridized carbons (Fsp3) is 0.133. The Morgan fingerprint density at radius 1 is 1.30 bits per heavy atom. The summed E-state index contributed by atoms with van der Waals surface area (Å²) in [7, 11) is 1.60. The van der Waals surface area contributed by atoms with Gasteiger partial charge >= 0.3 is 0 Å². The first kappa shape index (κ1) is 14.3. The second-order valence-electron chi connectivity index (χ2n) is 4.53. The van der Waals surface area contributed by atoms with E-state index in [9.17, 15) is 9.18 Å². The molecular weight excluding hydrogens is 279 g/mol. The van der Waals surface area contributed by atoms with Gasteiger partial charge in [-0.2, -0.15) is 0 Å². The van der Waals surface area contributed by atoms with Crippen LogP contribution in [-0.2, 0) is 6.54 Å². The first-order valence-corrected chi connectivity index (χ1v) is 6.40. The van der Waals surface area contributed by atoms with Gasteiger partial charge in [0.15, 0.2) is 0 Å². The maximum absolute atomic E-state index is 13.7. The normalized spacial score (nSPS) is 10.3. The monoisotopic (exact) mass is 292 g/mol. The Labute approximate surface area is 121 Å². The third-order valence-electron chi connectivity index (χ3n) is 2.88. The van der Waals surface area contributed by atoms with Crippen LogP contribution in [0.1, 0.15) is 15.9 Å². The number of hydrogen-bond donors (Lipinski definition) is 1. The number of anilines is 1. The van der Waals surface area contributed by atoms with Crippen molar-refractivity contribution in [3.63, 3.8) is 0 Å². The van der Waals surface area contributed by atoms with Crippen LogP contribution in [0.25, 0.3) is 0 Å². The van der Waals surface area contributed by atoms with Gasteiger partial charge in [-0.25, -0.2) is 4.39 Å². The molecule has 0 unspecified atom stereocenters. The van der Waals surface area contributed by atoms with Gasteiger partial charge in [0.25, 0.3) is 5.91 Å². The lowest BCUT2D eigenvalue weighted by molar-refractivity contribution is 0.0780. The highest BCUT2D eigenvalue weighted by molar-refractivity contribution is 6.30. The zero-order valence-corrected chi connectivity index (χ0v) is 11.7. The van der Waals surface area contributed by atoms with E-state index in [1.807, 2.05) is 6.07 Å². The topological polar surface area (TPSA) is 46.3 Å². The Kier molecular flexibility index (Phi) is 4.25. The van der Waals surface area contributed by atoms with Gasteiger partial charge in [-0.15, -0.1) is 0 Å². The highest BCUT2D eigenvalue weighted by atomic mass is 35.5. The molecule has 0 spiro atoms. The summed E-state index contributed by atoms with van der Waals surface area (Å²) in [5.74, 6) is -1.00. The molecule has 0 heterocycles. The molecule has 0 aromatic heterocycles. The van der Waals surface area contributed by atoms with Crippen LogP contribution in [0.15, 0.2) is 42.5 Å². The minimum atomic E-state index is -0.581. The van der Waals surface area contributed by atoms with Crippen LogP contribution in [0.4, 0.5) is 10.1 Å². The fourth-order valence-corrected chi connectivity index (χ4v) is 2.11. The van der Waals surface area contributed by atoms with Crippen LogP contribution in [0.3, 0.4) is 0 Å². The van der Waals surface area contributed by atoms with Gasteiger partial charge in [0.2, 0.25) is 0 Å². The maximum atomic E-state index is 13.7. The first-order valence-electron chi connectivity index (χ1n) is 6.02. The average Bonchev–Trinajstić information content (AvgIpc) is 2.40. The summed E-state index contributed by atoms with van der Waals surface area (Å²) in [6.07, 6.45) is 0. The van der Waals surface area contributed by atoms with E-state index in [1.54, 1.807) is 25.2 Å². The molecule has 104 valence electrons. The van der Waals surface area contributed by atoms with Gasteiger partial charge in [-0.1, -0.05) is 23.7 Å². The summed E-state index contributed by atoms with van der Waals surface area (Å²) in [5.41, 5.74) is 6.78. The third-order valence-corrected chi connectivity index (χ3v) is 3.11. The molecule has 0 fully saturated rings. The van der Waals surface area contributed by atoms with Crippen molar-refractivity contribution in [2.45, 2.75) is 6.54 Å². The number of carbonyl (C=O) groups is 1. The lowest BCUT2D eigenvalue weighted by Crippen LogP contribution is -2.27. The Morgan fingerprint density at radius 3 is 2.75 bits per heavy atom. The van der Waals surface area contributed by atoms with Crippen molar-refractivity contribution in [1.29, 1.82) is 0 Å². The van der Waals surface area contributed by atoms with Crippen LogP contribution in [0, 0.1) is 5.82 Å². The van der Waals surface area contributed by atoms with Crippen molar-refractivity contribution < 1.29 is 9.18 Å². The summed E-state index contributed by atoms with van der Waals surface area (Å²) in [4.78, 5) is 13.6. The molecule has 0 bridgehead atoms. The van der Waals surface area contributed by atoms with E-state index < -0.39 is 11.7 Å². The minimum Gasteiger partial charge on any atom is -0.399 e. The lowest BCUT2D eigenvalue weighted by atomic mass is 10.1. The minimum absolute atomic E-state index is 0.0328. The molecular formula is C15H14ClFN2O. The standard InChI is InChI=1S/C15H14ClFN2O/c1-19(9-10-3-2-4-11(16)7-10)15(20)13-8-12(18)5-6-14(13)17/h2-8H,9,18H2,1H3. The largest absolute Gasteiger partial charge is 0.399 e. The smallest absolute Gasteiger partial charge is 0.256 e. The van der Waals surface area contributed by atoms with Gasteiger partial charge < -0.3 is 10.6 Å². The summed E-state index contributed by atoms with van der Waals surface area (Å²) < 4.78 is 13.7. The second kappa shape index (κ2) is 5.92. The Morgan fingerprint density at radius 2 is 2.05 bits per heavy atom. The molecule has 20 heavy (non-hydrogen) atoms. The zero-order valence-electron chi connectivity index (χ0n) is 10.9. The van der Waals surface area contributed by atoms with Crippen molar-refractivity contribution in [2.24, 2.45) is 0 Å². The van der Waals surface area contributed by atoms with Gasteiger partial charge in [0.05, 0.1) is 5.56 Å². The molecule has 0 saturated carbocycles. The molecule has 0 atom stereocenters. The van der Waals surface area contributed by atoms with Crippen LogP contribution in [0.2, 0.25) is 5.02 Å². The molecule has 3 nitrogen and oxygen atoms in total. The van der Waals surface area contributed by atoms with E-state index in [-0.39, 0.29) is 5.56 Å². The number of nitrogens with two attached hydrogens (primary N) is 1. The highest BCUT2D eigenvalue weighted by Crippen LogP contribution is 2.16. The molecule has 2 aromatic rings. The molecule has 2 N–H and O–H groups in total. The van der Waals surface area contributed by atoms with Crippen LogP contribution < -0.4 is 5.73 Å². The van der Waals surface area contributed by atoms with E-state index in [2.05, 4.69) is 0 Å². The van der Waals surface area contributed by atoms with Crippen molar-refractivity contribution in [2.75, 3.05) is 12.8 Å². The van der Waals surface area contributed by atoms with Crippen LogP contribution in [0.5, 0.6) is 0 Å². The molecule has 0 saturated heterocycles. The van der Waals surface area contributed by atoms with E-state index in [4.69, 9.17) is 17.3 Å². The van der Waals surface area contributed by atoms with E-state index in [0.29, 0.717) is 17.3 Å². The van der Waals surface area contributed by atoms with E-state index in [1.165, 1.54) is 23.1 Å². The van der Waals surface area contributed by atoms with Crippen molar-refractivity contribution in [3.8, 4) is 0 Å².